The van der Waals surface area contributed by atoms with Gasteiger partial charge >= 0.3 is 0 Å². The molecule has 0 rings (SSSR count). The molecule has 0 amide bonds. The molecular weight excluding hydrogens is 140 g/mol. The first-order valence-corrected chi connectivity index (χ1v) is 4.39. The smallest absolute Gasteiger partial charge is 0.138 e. The highest BCUT2D eigenvalue weighted by atomic mass is 16.3. The Labute approximate surface area is 68.6 Å². The molecule has 2 nitrogen and oxygen atoms in total. The van der Waals surface area contributed by atoms with Gasteiger partial charge in [-0.25, -0.2) is 0 Å². The quantitative estimate of drug-likeness (QED) is 0.639. The molecule has 1 N–H and O–H groups in total. The van der Waals surface area contributed by atoms with Gasteiger partial charge in [-0.15, -0.1) is 0 Å². The summed E-state index contributed by atoms with van der Waals surface area (Å²) in [5.74, 6) is 0.406. The van der Waals surface area contributed by atoms with E-state index in [1.165, 1.54) is 0 Å². The van der Waals surface area contributed by atoms with E-state index in [2.05, 4.69) is 6.92 Å². The van der Waals surface area contributed by atoms with E-state index in [1.54, 1.807) is 0 Å². The van der Waals surface area contributed by atoms with Gasteiger partial charge < -0.3 is 5.11 Å². The molecular formula is C9H18O2. The molecule has 0 radical (unpaired) electrons. The van der Waals surface area contributed by atoms with Gasteiger partial charge in [0.2, 0.25) is 0 Å². The zero-order chi connectivity index (χ0) is 8.69. The number of carbonyl (C=O) groups excluding carboxylic acids is 1. The average molecular weight is 158 g/mol. The number of rotatable bonds is 6. The summed E-state index contributed by atoms with van der Waals surface area (Å²) >= 11 is 0. The van der Waals surface area contributed by atoms with Crippen LogP contribution in [-0.4, -0.2) is 17.5 Å². The van der Waals surface area contributed by atoms with Crippen LogP contribution in [0.5, 0.6) is 0 Å². The second-order valence-electron chi connectivity index (χ2n) is 2.83. The average Bonchev–Trinajstić information content (AvgIpc) is 2.00. The van der Waals surface area contributed by atoms with Gasteiger partial charge in [-0.3, -0.25) is 4.79 Å². The molecule has 0 saturated carbocycles. The number of carbonyl (C=O) groups is 1. The van der Waals surface area contributed by atoms with Crippen LogP contribution < -0.4 is 0 Å². The summed E-state index contributed by atoms with van der Waals surface area (Å²) in [5, 5.41) is 8.53. The molecule has 0 aliphatic rings. The Hall–Kier alpha value is -0.370. The summed E-state index contributed by atoms with van der Waals surface area (Å²) in [5.41, 5.74) is 0. The lowest BCUT2D eigenvalue weighted by molar-refractivity contribution is -0.123. The van der Waals surface area contributed by atoms with Gasteiger partial charge in [0.25, 0.3) is 0 Å². The van der Waals surface area contributed by atoms with Crippen molar-refractivity contribution in [1.29, 1.82) is 0 Å². The van der Waals surface area contributed by atoms with Crippen LogP contribution in [0.1, 0.15) is 39.5 Å². The first-order chi connectivity index (χ1) is 5.26. The van der Waals surface area contributed by atoms with Gasteiger partial charge in [-0.2, -0.15) is 0 Å². The number of hydrogen-bond acceptors (Lipinski definition) is 2. The monoisotopic (exact) mass is 158 g/mol. The van der Waals surface area contributed by atoms with E-state index in [-0.39, 0.29) is 18.3 Å². The molecule has 0 aromatic carbocycles. The number of aliphatic hydroxyl groups excluding tert-OH is 1. The third kappa shape index (κ3) is 4.14. The summed E-state index contributed by atoms with van der Waals surface area (Å²) in [4.78, 5) is 11.2. The van der Waals surface area contributed by atoms with Crippen molar-refractivity contribution in [2.45, 2.75) is 39.5 Å². The molecule has 66 valence electrons. The maximum Gasteiger partial charge on any atom is 0.138 e. The highest BCUT2D eigenvalue weighted by molar-refractivity contribution is 5.80. The van der Waals surface area contributed by atoms with Crippen molar-refractivity contribution in [1.82, 2.24) is 0 Å². The van der Waals surface area contributed by atoms with Crippen molar-refractivity contribution >= 4 is 5.78 Å². The highest BCUT2D eigenvalue weighted by Gasteiger charge is 2.13. The maximum atomic E-state index is 11.2. The fraction of sp³-hybridized carbons (Fsp3) is 0.889. The minimum atomic E-state index is -0.000945. The summed E-state index contributed by atoms with van der Waals surface area (Å²) in [7, 11) is 0. The SMILES string of the molecule is CCCC(CC)C(=O)CCO. The Bertz CT molecular complexity index is 110. The molecule has 0 saturated heterocycles. The molecule has 0 bridgehead atoms. The minimum absolute atomic E-state index is 0.000945. The predicted molar refractivity (Wildman–Crippen MR) is 45.4 cm³/mol. The number of aliphatic hydroxyl groups is 1. The van der Waals surface area contributed by atoms with E-state index in [0.717, 1.165) is 19.3 Å². The molecule has 0 fully saturated rings. The fourth-order valence-corrected chi connectivity index (χ4v) is 1.26. The Morgan fingerprint density at radius 3 is 2.45 bits per heavy atom. The van der Waals surface area contributed by atoms with Crippen molar-refractivity contribution in [2.75, 3.05) is 6.61 Å². The Balaban J connectivity index is 3.71. The Morgan fingerprint density at radius 2 is 2.09 bits per heavy atom. The lowest BCUT2D eigenvalue weighted by Crippen LogP contribution is -2.14. The highest BCUT2D eigenvalue weighted by Crippen LogP contribution is 2.13. The van der Waals surface area contributed by atoms with Crippen LogP contribution in [0.3, 0.4) is 0 Å². The first-order valence-electron chi connectivity index (χ1n) is 4.39. The van der Waals surface area contributed by atoms with Crippen molar-refractivity contribution in [3.05, 3.63) is 0 Å². The number of hydrogen-bond donors (Lipinski definition) is 1. The van der Waals surface area contributed by atoms with Gasteiger partial charge in [0.15, 0.2) is 0 Å². The van der Waals surface area contributed by atoms with E-state index in [1.807, 2.05) is 6.92 Å². The molecule has 0 aromatic rings. The fourth-order valence-electron chi connectivity index (χ4n) is 1.26. The zero-order valence-electron chi connectivity index (χ0n) is 7.47. The van der Waals surface area contributed by atoms with E-state index in [4.69, 9.17) is 5.11 Å². The van der Waals surface area contributed by atoms with Crippen LogP contribution in [0.25, 0.3) is 0 Å². The summed E-state index contributed by atoms with van der Waals surface area (Å²) in [6.45, 7) is 4.10. The third-order valence-corrected chi connectivity index (χ3v) is 1.94. The van der Waals surface area contributed by atoms with Crippen LogP contribution in [0.2, 0.25) is 0 Å². The molecule has 1 unspecified atom stereocenters. The Morgan fingerprint density at radius 1 is 1.45 bits per heavy atom. The zero-order valence-corrected chi connectivity index (χ0v) is 7.47. The molecule has 0 spiro atoms. The van der Waals surface area contributed by atoms with E-state index >= 15 is 0 Å². The second-order valence-corrected chi connectivity index (χ2v) is 2.83. The third-order valence-electron chi connectivity index (χ3n) is 1.94. The van der Waals surface area contributed by atoms with Gasteiger partial charge in [0.05, 0.1) is 0 Å². The molecule has 2 heteroatoms. The molecule has 0 aromatic heterocycles. The van der Waals surface area contributed by atoms with Gasteiger partial charge in [-0.1, -0.05) is 20.3 Å². The van der Waals surface area contributed by atoms with Crippen LogP contribution in [0.15, 0.2) is 0 Å². The topological polar surface area (TPSA) is 37.3 Å². The lowest BCUT2D eigenvalue weighted by Gasteiger charge is -2.10. The number of Topliss-reactive ketones (excluding diaryl/α,β-unsaturated/α-hetero) is 1. The van der Waals surface area contributed by atoms with E-state index in [0.29, 0.717) is 6.42 Å². The van der Waals surface area contributed by atoms with Gasteiger partial charge in [-0.05, 0) is 12.8 Å². The summed E-state index contributed by atoms with van der Waals surface area (Å²) < 4.78 is 0. The van der Waals surface area contributed by atoms with Crippen molar-refractivity contribution < 1.29 is 9.90 Å². The first kappa shape index (κ1) is 10.6. The maximum absolute atomic E-state index is 11.2. The second kappa shape index (κ2) is 6.35. The summed E-state index contributed by atoms with van der Waals surface area (Å²) in [6, 6.07) is 0. The normalized spacial score (nSPS) is 13.0. The molecule has 0 aliphatic carbocycles. The van der Waals surface area contributed by atoms with Crippen molar-refractivity contribution in [3.8, 4) is 0 Å². The van der Waals surface area contributed by atoms with Crippen molar-refractivity contribution in [2.24, 2.45) is 5.92 Å². The largest absolute Gasteiger partial charge is 0.396 e. The van der Waals surface area contributed by atoms with Gasteiger partial charge in [0, 0.05) is 18.9 Å². The molecule has 11 heavy (non-hydrogen) atoms. The van der Waals surface area contributed by atoms with Crippen LogP contribution in [-0.2, 0) is 4.79 Å². The van der Waals surface area contributed by atoms with Gasteiger partial charge in [0.1, 0.15) is 5.78 Å². The molecule has 1 atom stereocenters. The van der Waals surface area contributed by atoms with E-state index < -0.39 is 0 Å². The minimum Gasteiger partial charge on any atom is -0.396 e. The predicted octanol–water partition coefficient (Wildman–Crippen LogP) is 1.76. The molecule has 0 heterocycles. The Kier molecular flexibility index (Phi) is 6.13. The van der Waals surface area contributed by atoms with Crippen LogP contribution in [0, 0.1) is 5.92 Å². The van der Waals surface area contributed by atoms with Crippen LogP contribution >= 0.6 is 0 Å². The number of ketones is 1. The van der Waals surface area contributed by atoms with Crippen molar-refractivity contribution in [3.63, 3.8) is 0 Å². The standard InChI is InChI=1S/C9H18O2/c1-3-5-8(4-2)9(11)6-7-10/h8,10H,3-7H2,1-2H3. The van der Waals surface area contributed by atoms with Crippen LogP contribution in [0.4, 0.5) is 0 Å². The lowest BCUT2D eigenvalue weighted by atomic mass is 9.94. The van der Waals surface area contributed by atoms with E-state index in [9.17, 15) is 4.79 Å². The molecule has 0 aliphatic heterocycles. The summed E-state index contributed by atoms with van der Waals surface area (Å²) in [6.07, 6.45) is 3.26.